The average molecular weight is 449 g/mol. The van der Waals surface area contributed by atoms with E-state index in [2.05, 4.69) is 4.98 Å². The van der Waals surface area contributed by atoms with Crippen molar-refractivity contribution in [3.05, 3.63) is 85.7 Å². The Labute approximate surface area is 189 Å². The van der Waals surface area contributed by atoms with Crippen LogP contribution in [0.25, 0.3) is 0 Å². The highest BCUT2D eigenvalue weighted by molar-refractivity contribution is 7.12. The van der Waals surface area contributed by atoms with Gasteiger partial charge in [0.25, 0.3) is 17.4 Å². The quantitative estimate of drug-likeness (QED) is 0.665. The van der Waals surface area contributed by atoms with Gasteiger partial charge in [-0.15, -0.1) is 11.3 Å². The molecule has 1 N–H and O–H groups in total. The van der Waals surface area contributed by atoms with Crippen LogP contribution in [0, 0.1) is 0 Å². The van der Waals surface area contributed by atoms with Gasteiger partial charge >= 0.3 is 0 Å². The molecular formula is C24H24N4O3S. The number of thiophene rings is 1. The molecular weight excluding hydrogens is 424 g/mol. The van der Waals surface area contributed by atoms with Crippen molar-refractivity contribution < 1.29 is 9.59 Å². The number of aromatic nitrogens is 2. The maximum Gasteiger partial charge on any atom is 0.264 e. The zero-order valence-corrected chi connectivity index (χ0v) is 18.4. The third-order valence-corrected chi connectivity index (χ3v) is 7.07. The zero-order chi connectivity index (χ0) is 22.1. The molecule has 0 saturated carbocycles. The van der Waals surface area contributed by atoms with Crippen LogP contribution >= 0.6 is 11.3 Å². The summed E-state index contributed by atoms with van der Waals surface area (Å²) in [6.07, 6.45) is 3.12. The molecule has 0 spiro atoms. The molecule has 1 saturated heterocycles. The highest BCUT2D eigenvalue weighted by Crippen LogP contribution is 2.31. The minimum atomic E-state index is -0.280. The van der Waals surface area contributed by atoms with Crippen LogP contribution in [0.2, 0.25) is 0 Å². The summed E-state index contributed by atoms with van der Waals surface area (Å²) in [6.45, 7) is 1.43. The number of carbonyl (C=O) groups is 2. The molecule has 2 amide bonds. The Morgan fingerprint density at radius 3 is 2.66 bits per heavy atom. The number of fused-ring (bicyclic) bond motifs is 1. The Morgan fingerprint density at radius 2 is 1.88 bits per heavy atom. The van der Waals surface area contributed by atoms with Crippen LogP contribution in [0.5, 0.6) is 0 Å². The highest BCUT2D eigenvalue weighted by atomic mass is 32.1. The summed E-state index contributed by atoms with van der Waals surface area (Å²) in [4.78, 5) is 50.9. The number of hydrogen-bond acceptors (Lipinski definition) is 5. The second kappa shape index (κ2) is 8.70. The second-order valence-corrected chi connectivity index (χ2v) is 9.15. The first-order valence-corrected chi connectivity index (χ1v) is 11.8. The SMILES string of the molecule is O=C(c1cccs1)N1CCc2c(nc([C@H]3CCCCN3C(=O)c3ccccc3)[nH]c2=O)C1. The Bertz CT molecular complexity index is 1190. The van der Waals surface area contributed by atoms with E-state index in [-0.39, 0.29) is 23.4 Å². The normalized spacial score (nSPS) is 18.3. The largest absolute Gasteiger partial charge is 0.332 e. The van der Waals surface area contributed by atoms with Crippen LogP contribution < -0.4 is 5.56 Å². The molecule has 1 atom stereocenters. The number of piperidine rings is 1. The smallest absolute Gasteiger partial charge is 0.264 e. The fourth-order valence-electron chi connectivity index (χ4n) is 4.55. The summed E-state index contributed by atoms with van der Waals surface area (Å²) in [5, 5.41) is 1.88. The van der Waals surface area contributed by atoms with Crippen molar-refractivity contribution in [2.75, 3.05) is 13.1 Å². The summed E-state index contributed by atoms with van der Waals surface area (Å²) in [7, 11) is 0. The van der Waals surface area contributed by atoms with Gasteiger partial charge in [0.05, 0.1) is 23.2 Å². The molecule has 0 unspecified atom stereocenters. The number of nitrogens with one attached hydrogen (secondary N) is 1. The molecule has 0 aliphatic carbocycles. The fraction of sp³-hybridized carbons (Fsp3) is 0.333. The monoisotopic (exact) mass is 448 g/mol. The van der Waals surface area contributed by atoms with Crippen molar-refractivity contribution in [1.82, 2.24) is 19.8 Å². The lowest BCUT2D eigenvalue weighted by molar-refractivity contribution is 0.0598. The topological polar surface area (TPSA) is 86.4 Å². The van der Waals surface area contributed by atoms with Crippen LogP contribution in [0.4, 0.5) is 0 Å². The van der Waals surface area contributed by atoms with Crippen LogP contribution in [0.1, 0.15) is 62.4 Å². The summed E-state index contributed by atoms with van der Waals surface area (Å²) < 4.78 is 0. The first-order chi connectivity index (χ1) is 15.6. The molecule has 164 valence electrons. The molecule has 8 heteroatoms. The number of rotatable bonds is 3. The van der Waals surface area contributed by atoms with Crippen molar-refractivity contribution in [3.8, 4) is 0 Å². The predicted octanol–water partition coefficient (Wildman–Crippen LogP) is 3.40. The van der Waals surface area contributed by atoms with Gasteiger partial charge in [0.2, 0.25) is 0 Å². The van der Waals surface area contributed by atoms with Gasteiger partial charge in [-0.2, -0.15) is 0 Å². The Balaban J connectivity index is 1.44. The van der Waals surface area contributed by atoms with E-state index in [0.29, 0.717) is 53.6 Å². The van der Waals surface area contributed by atoms with Crippen molar-refractivity contribution in [2.24, 2.45) is 0 Å². The van der Waals surface area contributed by atoms with Gasteiger partial charge in [-0.3, -0.25) is 14.4 Å². The maximum atomic E-state index is 13.2. The predicted molar refractivity (Wildman–Crippen MR) is 122 cm³/mol. The third kappa shape index (κ3) is 3.86. The van der Waals surface area contributed by atoms with Crippen molar-refractivity contribution in [1.29, 1.82) is 0 Å². The standard InChI is InChI=1S/C24H24N4O3S/c29-22-17-11-13-27(24(31)20-10-6-14-32-20)15-18(17)25-21(26-22)19-9-4-5-12-28(19)23(30)16-7-2-1-3-8-16/h1-3,6-8,10,14,19H,4-5,9,11-13,15H2,(H,25,26,29)/t19-/m1/s1. The van der Waals surface area contributed by atoms with Crippen molar-refractivity contribution in [2.45, 2.75) is 38.3 Å². The number of aromatic amines is 1. The maximum absolute atomic E-state index is 13.2. The lowest BCUT2D eigenvalue weighted by Gasteiger charge is -2.36. The average Bonchev–Trinajstić information content (AvgIpc) is 3.38. The van der Waals surface area contributed by atoms with Gasteiger partial charge in [0.1, 0.15) is 5.82 Å². The van der Waals surface area contributed by atoms with E-state index in [9.17, 15) is 14.4 Å². The number of likely N-dealkylation sites (tertiary alicyclic amines) is 1. The molecule has 0 radical (unpaired) electrons. The van der Waals surface area contributed by atoms with Gasteiger partial charge in [-0.05, 0) is 49.3 Å². The van der Waals surface area contributed by atoms with Crippen molar-refractivity contribution in [3.63, 3.8) is 0 Å². The minimum Gasteiger partial charge on any atom is -0.332 e. The Kier molecular flexibility index (Phi) is 5.61. The summed E-state index contributed by atoms with van der Waals surface area (Å²) >= 11 is 1.41. The third-order valence-electron chi connectivity index (χ3n) is 6.21. The fourth-order valence-corrected chi connectivity index (χ4v) is 5.24. The second-order valence-electron chi connectivity index (χ2n) is 8.21. The van der Waals surface area contributed by atoms with Gasteiger partial charge in [-0.25, -0.2) is 4.98 Å². The number of H-pyrrole nitrogens is 1. The van der Waals surface area contributed by atoms with Crippen LogP contribution in [0.15, 0.2) is 52.6 Å². The molecule has 2 aliphatic rings. The summed E-state index contributed by atoms with van der Waals surface area (Å²) in [6, 6.07) is 12.6. The van der Waals surface area contributed by atoms with Gasteiger partial charge in [0.15, 0.2) is 0 Å². The molecule has 3 aromatic rings. The van der Waals surface area contributed by atoms with Gasteiger partial charge < -0.3 is 14.8 Å². The molecule has 5 rings (SSSR count). The number of hydrogen-bond donors (Lipinski definition) is 1. The molecule has 32 heavy (non-hydrogen) atoms. The van der Waals surface area contributed by atoms with E-state index in [4.69, 9.17) is 4.98 Å². The summed E-state index contributed by atoms with van der Waals surface area (Å²) in [5.41, 5.74) is 1.75. The zero-order valence-electron chi connectivity index (χ0n) is 17.6. The van der Waals surface area contributed by atoms with Crippen LogP contribution in [-0.4, -0.2) is 44.7 Å². The number of carbonyl (C=O) groups excluding carboxylic acids is 2. The van der Waals surface area contributed by atoms with E-state index in [1.54, 1.807) is 4.90 Å². The highest BCUT2D eigenvalue weighted by Gasteiger charge is 2.32. The van der Waals surface area contributed by atoms with Gasteiger partial charge in [0, 0.05) is 24.2 Å². The first-order valence-electron chi connectivity index (χ1n) is 10.9. The minimum absolute atomic E-state index is 0.0344. The van der Waals surface area contributed by atoms with E-state index < -0.39 is 0 Å². The van der Waals surface area contributed by atoms with E-state index in [0.717, 1.165) is 19.3 Å². The molecule has 0 bridgehead atoms. The van der Waals surface area contributed by atoms with Crippen LogP contribution in [-0.2, 0) is 13.0 Å². The summed E-state index contributed by atoms with van der Waals surface area (Å²) in [5.74, 6) is 0.432. The van der Waals surface area contributed by atoms with Crippen LogP contribution in [0.3, 0.4) is 0 Å². The van der Waals surface area contributed by atoms with Crippen molar-refractivity contribution >= 4 is 23.2 Å². The van der Waals surface area contributed by atoms with E-state index in [1.807, 2.05) is 52.7 Å². The molecule has 2 aromatic heterocycles. The Hall–Kier alpha value is -3.26. The van der Waals surface area contributed by atoms with E-state index in [1.165, 1.54) is 11.3 Å². The molecule has 7 nitrogen and oxygen atoms in total. The number of nitrogens with zero attached hydrogens (tertiary/aromatic N) is 3. The lowest BCUT2D eigenvalue weighted by atomic mass is 9.99. The molecule has 1 fully saturated rings. The molecule has 1 aromatic carbocycles. The molecule has 4 heterocycles. The van der Waals surface area contributed by atoms with E-state index >= 15 is 0 Å². The van der Waals surface area contributed by atoms with Gasteiger partial charge in [-0.1, -0.05) is 24.3 Å². The number of benzene rings is 1. The Morgan fingerprint density at radius 1 is 1.03 bits per heavy atom. The number of amides is 2. The first kappa shape index (κ1) is 20.6. The lowest BCUT2D eigenvalue weighted by Crippen LogP contribution is -2.42. The molecule has 2 aliphatic heterocycles.